The summed E-state index contributed by atoms with van der Waals surface area (Å²) in [7, 11) is 0. The van der Waals surface area contributed by atoms with Crippen molar-refractivity contribution in [1.29, 1.82) is 0 Å². The van der Waals surface area contributed by atoms with Gasteiger partial charge in [0.1, 0.15) is 0 Å². The van der Waals surface area contributed by atoms with Crippen molar-refractivity contribution < 1.29 is 4.42 Å². The number of pyridine rings is 1. The molecule has 1 N–H and O–H groups in total. The summed E-state index contributed by atoms with van der Waals surface area (Å²) >= 11 is 0. The molecule has 0 atom stereocenters. The second kappa shape index (κ2) is 3.31. The smallest absolute Gasteiger partial charge is 0.336 e. The molecule has 0 spiro atoms. The number of hydrogen-bond donors (Lipinski definition) is 1. The third-order valence-electron chi connectivity index (χ3n) is 2.81. The van der Waals surface area contributed by atoms with Crippen molar-refractivity contribution >= 4 is 21.9 Å². The minimum absolute atomic E-state index is 0.236. The summed E-state index contributed by atoms with van der Waals surface area (Å²) in [6.07, 6.45) is 0. The van der Waals surface area contributed by atoms with Crippen LogP contribution in [0.1, 0.15) is 5.56 Å². The second-order valence-corrected chi connectivity index (χ2v) is 3.95. The Morgan fingerprint density at radius 3 is 2.76 bits per heavy atom. The number of aromatic amines is 1. The summed E-state index contributed by atoms with van der Waals surface area (Å²) in [4.78, 5) is 26.1. The summed E-state index contributed by atoms with van der Waals surface area (Å²) in [5, 5.41) is 1.17. The highest BCUT2D eigenvalue weighted by Crippen LogP contribution is 2.21. The van der Waals surface area contributed by atoms with Gasteiger partial charge in [-0.15, -0.1) is 0 Å². The predicted molar refractivity (Wildman–Crippen MR) is 65.3 cm³/mol. The van der Waals surface area contributed by atoms with E-state index in [2.05, 4.69) is 4.98 Å². The lowest BCUT2D eigenvalue weighted by molar-refractivity contribution is 0.562. The summed E-state index contributed by atoms with van der Waals surface area (Å²) in [5.74, 6) is 0. The van der Waals surface area contributed by atoms with Crippen LogP contribution in [0.15, 0.2) is 44.3 Å². The molecule has 4 heteroatoms. The Morgan fingerprint density at radius 1 is 1.18 bits per heavy atom. The van der Waals surface area contributed by atoms with Crippen LogP contribution in [0.2, 0.25) is 0 Å². The van der Waals surface area contributed by atoms with Crippen LogP contribution in [-0.2, 0) is 0 Å². The SMILES string of the molecule is Cc1cc(=O)oc2c1c(=O)[nH]c1ccccc12. The summed E-state index contributed by atoms with van der Waals surface area (Å²) in [6, 6.07) is 8.57. The highest BCUT2D eigenvalue weighted by Gasteiger charge is 2.10. The number of H-pyrrole nitrogens is 1. The molecule has 0 radical (unpaired) electrons. The molecule has 0 aliphatic heterocycles. The van der Waals surface area contributed by atoms with Crippen molar-refractivity contribution in [2.24, 2.45) is 0 Å². The molecule has 4 nitrogen and oxygen atoms in total. The fourth-order valence-electron chi connectivity index (χ4n) is 2.06. The fourth-order valence-corrected chi connectivity index (χ4v) is 2.06. The van der Waals surface area contributed by atoms with E-state index in [1.807, 2.05) is 18.2 Å². The lowest BCUT2D eigenvalue weighted by Crippen LogP contribution is -2.10. The van der Waals surface area contributed by atoms with Crippen molar-refractivity contribution in [2.75, 3.05) is 0 Å². The van der Waals surface area contributed by atoms with Crippen LogP contribution in [0.3, 0.4) is 0 Å². The van der Waals surface area contributed by atoms with E-state index in [1.165, 1.54) is 6.07 Å². The van der Waals surface area contributed by atoms with Gasteiger partial charge in [-0.3, -0.25) is 4.79 Å². The molecule has 0 unspecified atom stereocenters. The Labute approximate surface area is 95.5 Å². The summed E-state index contributed by atoms with van der Waals surface area (Å²) < 4.78 is 5.16. The van der Waals surface area contributed by atoms with Gasteiger partial charge in [-0.2, -0.15) is 0 Å². The molecule has 2 aromatic heterocycles. The van der Waals surface area contributed by atoms with Crippen molar-refractivity contribution in [3.8, 4) is 0 Å². The van der Waals surface area contributed by atoms with Crippen LogP contribution >= 0.6 is 0 Å². The zero-order valence-electron chi connectivity index (χ0n) is 9.11. The van der Waals surface area contributed by atoms with Gasteiger partial charge in [0.2, 0.25) is 0 Å². The third kappa shape index (κ3) is 1.38. The van der Waals surface area contributed by atoms with Crippen LogP contribution in [0, 0.1) is 6.92 Å². The average Bonchev–Trinajstić information content (AvgIpc) is 2.28. The van der Waals surface area contributed by atoms with E-state index in [-0.39, 0.29) is 5.56 Å². The van der Waals surface area contributed by atoms with Crippen molar-refractivity contribution in [2.45, 2.75) is 6.92 Å². The van der Waals surface area contributed by atoms with Crippen LogP contribution < -0.4 is 11.2 Å². The van der Waals surface area contributed by atoms with Gasteiger partial charge in [0.25, 0.3) is 5.56 Å². The maximum atomic E-state index is 11.9. The summed E-state index contributed by atoms with van der Waals surface area (Å²) in [5.41, 5.74) is 0.974. The maximum Gasteiger partial charge on any atom is 0.336 e. The van der Waals surface area contributed by atoms with Crippen LogP contribution in [0.5, 0.6) is 0 Å². The minimum atomic E-state index is -0.439. The first-order chi connectivity index (χ1) is 8.16. The number of rotatable bonds is 0. The van der Waals surface area contributed by atoms with Gasteiger partial charge in [-0.25, -0.2) is 4.79 Å². The summed E-state index contributed by atoms with van der Waals surface area (Å²) in [6.45, 7) is 1.73. The first-order valence-electron chi connectivity index (χ1n) is 5.22. The third-order valence-corrected chi connectivity index (χ3v) is 2.81. The standard InChI is InChI=1S/C13H9NO3/c1-7-6-10(15)17-12-8-4-2-3-5-9(8)14-13(16)11(7)12/h2-6H,1H3,(H,14,16). The molecule has 84 valence electrons. The van der Waals surface area contributed by atoms with E-state index in [0.717, 1.165) is 5.39 Å². The van der Waals surface area contributed by atoms with Crippen LogP contribution in [-0.4, -0.2) is 4.98 Å². The number of aromatic nitrogens is 1. The van der Waals surface area contributed by atoms with Crippen LogP contribution in [0.25, 0.3) is 21.9 Å². The zero-order chi connectivity index (χ0) is 12.0. The van der Waals surface area contributed by atoms with Gasteiger partial charge >= 0.3 is 5.63 Å². The number of benzene rings is 1. The Hall–Kier alpha value is -2.36. The first-order valence-corrected chi connectivity index (χ1v) is 5.22. The topological polar surface area (TPSA) is 63.1 Å². The van der Waals surface area contributed by atoms with E-state index in [9.17, 15) is 9.59 Å². The molecule has 0 fully saturated rings. The minimum Gasteiger partial charge on any atom is -0.422 e. The lowest BCUT2D eigenvalue weighted by Gasteiger charge is -2.03. The maximum absolute atomic E-state index is 11.9. The molecule has 2 heterocycles. The molecule has 3 aromatic rings. The van der Waals surface area contributed by atoms with Gasteiger partial charge in [0.15, 0.2) is 5.58 Å². The van der Waals surface area contributed by atoms with Gasteiger partial charge in [-0.1, -0.05) is 12.1 Å². The average molecular weight is 227 g/mol. The van der Waals surface area contributed by atoms with Crippen molar-refractivity contribution in [3.05, 3.63) is 56.7 Å². The molecular formula is C13H9NO3. The number of aryl methyl sites for hydroxylation is 1. The Kier molecular flexibility index (Phi) is 1.92. The quantitative estimate of drug-likeness (QED) is 0.597. The molecule has 0 aliphatic carbocycles. The number of fused-ring (bicyclic) bond motifs is 3. The largest absolute Gasteiger partial charge is 0.422 e. The highest BCUT2D eigenvalue weighted by atomic mass is 16.4. The normalized spacial score (nSPS) is 11.1. The molecule has 3 rings (SSSR count). The monoisotopic (exact) mass is 227 g/mol. The molecule has 0 saturated carbocycles. The molecule has 0 bridgehead atoms. The zero-order valence-corrected chi connectivity index (χ0v) is 9.11. The Bertz CT molecular complexity index is 843. The van der Waals surface area contributed by atoms with E-state index in [4.69, 9.17) is 4.42 Å². The fraction of sp³-hybridized carbons (Fsp3) is 0.0769. The Balaban J connectivity index is 2.75. The number of nitrogens with one attached hydrogen (secondary N) is 1. The van der Waals surface area contributed by atoms with Gasteiger partial charge in [-0.05, 0) is 24.6 Å². The first kappa shape index (κ1) is 9.84. The molecule has 0 aliphatic rings. The van der Waals surface area contributed by atoms with E-state index < -0.39 is 5.63 Å². The second-order valence-electron chi connectivity index (χ2n) is 3.95. The van der Waals surface area contributed by atoms with Gasteiger partial charge < -0.3 is 9.40 Å². The molecular weight excluding hydrogens is 218 g/mol. The number of para-hydroxylation sites is 1. The van der Waals surface area contributed by atoms with Gasteiger partial charge in [0, 0.05) is 11.5 Å². The lowest BCUT2D eigenvalue weighted by atomic mass is 10.1. The molecule has 0 saturated heterocycles. The Morgan fingerprint density at radius 2 is 1.94 bits per heavy atom. The predicted octanol–water partition coefficient (Wildman–Crippen LogP) is 1.94. The molecule has 0 amide bonds. The van der Waals surface area contributed by atoms with E-state index in [1.54, 1.807) is 13.0 Å². The molecule has 1 aromatic carbocycles. The van der Waals surface area contributed by atoms with Crippen LogP contribution in [0.4, 0.5) is 0 Å². The number of hydrogen-bond acceptors (Lipinski definition) is 3. The van der Waals surface area contributed by atoms with E-state index in [0.29, 0.717) is 22.0 Å². The van der Waals surface area contributed by atoms with Crippen molar-refractivity contribution in [1.82, 2.24) is 4.98 Å². The molecule has 17 heavy (non-hydrogen) atoms. The van der Waals surface area contributed by atoms with Gasteiger partial charge in [0.05, 0.1) is 10.9 Å². The van der Waals surface area contributed by atoms with E-state index >= 15 is 0 Å². The highest BCUT2D eigenvalue weighted by molar-refractivity contribution is 6.02. The van der Waals surface area contributed by atoms with Crippen molar-refractivity contribution in [3.63, 3.8) is 0 Å².